The lowest BCUT2D eigenvalue weighted by molar-refractivity contribution is 0.0736. The van der Waals surface area contributed by atoms with Gasteiger partial charge in [-0.15, -0.1) is 10.2 Å². The van der Waals surface area contributed by atoms with Crippen LogP contribution in [0.2, 0.25) is 0 Å². The monoisotopic (exact) mass is 366 g/mol. The first-order valence-corrected chi connectivity index (χ1v) is 8.97. The van der Waals surface area contributed by atoms with Gasteiger partial charge in [-0.05, 0) is 25.0 Å². The molecule has 1 saturated carbocycles. The summed E-state index contributed by atoms with van der Waals surface area (Å²) in [6.45, 7) is 2.60. The molecule has 0 bridgehead atoms. The molecule has 10 heteroatoms. The zero-order valence-electron chi connectivity index (χ0n) is 14.6. The van der Waals surface area contributed by atoms with Gasteiger partial charge in [-0.25, -0.2) is 9.67 Å². The van der Waals surface area contributed by atoms with Gasteiger partial charge in [0.15, 0.2) is 17.3 Å². The van der Waals surface area contributed by atoms with Crippen LogP contribution in [0.4, 0.5) is 5.82 Å². The van der Waals surface area contributed by atoms with Gasteiger partial charge < -0.3 is 14.3 Å². The molecule has 4 heterocycles. The lowest BCUT2D eigenvalue weighted by Gasteiger charge is -2.34. The average molecular weight is 366 g/mol. The second-order valence-corrected chi connectivity index (χ2v) is 6.76. The van der Waals surface area contributed by atoms with Crippen molar-refractivity contribution in [1.82, 2.24) is 35.0 Å². The normalized spacial score (nSPS) is 17.3. The molecule has 0 atom stereocenters. The van der Waals surface area contributed by atoms with E-state index in [0.29, 0.717) is 43.6 Å². The molecule has 0 N–H and O–H groups in total. The third kappa shape index (κ3) is 3.14. The molecule has 2 aliphatic rings. The van der Waals surface area contributed by atoms with Gasteiger partial charge in [-0.1, -0.05) is 5.16 Å². The van der Waals surface area contributed by atoms with Crippen LogP contribution in [0.15, 0.2) is 35.4 Å². The summed E-state index contributed by atoms with van der Waals surface area (Å²) in [4.78, 5) is 20.4. The van der Waals surface area contributed by atoms with Crippen LogP contribution in [0, 0.1) is 0 Å². The van der Waals surface area contributed by atoms with E-state index < -0.39 is 0 Å². The van der Waals surface area contributed by atoms with Crippen molar-refractivity contribution in [1.29, 1.82) is 0 Å². The minimum Gasteiger partial charge on any atom is -0.360 e. The number of aromatic nitrogens is 6. The Kier molecular flexibility index (Phi) is 3.80. The van der Waals surface area contributed by atoms with Gasteiger partial charge >= 0.3 is 0 Å². The van der Waals surface area contributed by atoms with Gasteiger partial charge in [0, 0.05) is 38.2 Å². The van der Waals surface area contributed by atoms with Crippen molar-refractivity contribution in [2.45, 2.75) is 18.8 Å². The Morgan fingerprint density at radius 3 is 2.52 bits per heavy atom. The Bertz CT molecular complexity index is 924. The van der Waals surface area contributed by atoms with Crippen LogP contribution in [-0.2, 0) is 0 Å². The van der Waals surface area contributed by atoms with E-state index in [-0.39, 0.29) is 5.91 Å². The largest absolute Gasteiger partial charge is 0.360 e. The van der Waals surface area contributed by atoms with Crippen LogP contribution in [0.1, 0.15) is 35.0 Å². The summed E-state index contributed by atoms with van der Waals surface area (Å²) < 4.78 is 6.85. The molecule has 0 aromatic carbocycles. The van der Waals surface area contributed by atoms with Gasteiger partial charge in [0.2, 0.25) is 0 Å². The zero-order valence-corrected chi connectivity index (χ0v) is 14.6. The molecule has 1 aliphatic heterocycles. The molecule has 3 aromatic heterocycles. The third-order valence-electron chi connectivity index (χ3n) is 4.91. The van der Waals surface area contributed by atoms with Crippen molar-refractivity contribution in [2.24, 2.45) is 0 Å². The molecule has 1 aliphatic carbocycles. The lowest BCUT2D eigenvalue weighted by Crippen LogP contribution is -2.49. The standard InChI is InChI=1S/C17H18N8O2/c26-17(13-9-14(27-22-13)12-1-2-12)24-7-5-23(6-8-24)15-3-4-16(21-20-15)25-11-18-10-19-25/h3-4,9-12H,1-2,5-8H2. The Labute approximate surface area is 154 Å². The number of carbonyl (C=O) groups excluding carboxylic acids is 1. The molecule has 138 valence electrons. The highest BCUT2D eigenvalue weighted by molar-refractivity contribution is 5.92. The van der Waals surface area contributed by atoms with Crippen molar-refractivity contribution in [3.8, 4) is 5.82 Å². The van der Waals surface area contributed by atoms with Gasteiger partial charge in [-0.3, -0.25) is 4.79 Å². The maximum Gasteiger partial charge on any atom is 0.276 e. The van der Waals surface area contributed by atoms with E-state index in [1.807, 2.05) is 17.0 Å². The minimum atomic E-state index is -0.0714. The molecule has 1 amide bonds. The van der Waals surface area contributed by atoms with E-state index in [1.54, 1.807) is 17.1 Å². The summed E-state index contributed by atoms with van der Waals surface area (Å²) in [6, 6.07) is 5.55. The van der Waals surface area contributed by atoms with Crippen LogP contribution in [0.5, 0.6) is 0 Å². The van der Waals surface area contributed by atoms with Crippen LogP contribution >= 0.6 is 0 Å². The Balaban J connectivity index is 1.21. The first-order valence-electron chi connectivity index (χ1n) is 8.97. The number of nitrogens with zero attached hydrogens (tertiary/aromatic N) is 8. The van der Waals surface area contributed by atoms with Gasteiger partial charge in [0.25, 0.3) is 5.91 Å². The van der Waals surface area contributed by atoms with Crippen molar-refractivity contribution in [3.63, 3.8) is 0 Å². The molecule has 3 aromatic rings. The summed E-state index contributed by atoms with van der Waals surface area (Å²) in [5.74, 6) is 2.61. The average Bonchev–Trinajstić information content (AvgIpc) is 3.22. The first-order chi connectivity index (χ1) is 13.3. The smallest absolute Gasteiger partial charge is 0.276 e. The summed E-state index contributed by atoms with van der Waals surface area (Å²) in [5, 5.41) is 16.4. The van der Waals surface area contributed by atoms with E-state index in [4.69, 9.17) is 4.52 Å². The van der Waals surface area contributed by atoms with Crippen LogP contribution in [0.3, 0.4) is 0 Å². The fraction of sp³-hybridized carbons (Fsp3) is 0.412. The SMILES string of the molecule is O=C(c1cc(C2CC2)on1)N1CCN(c2ccc(-n3cncn3)nn2)CC1. The molecule has 27 heavy (non-hydrogen) atoms. The molecular formula is C17H18N8O2. The topological polar surface area (TPSA) is 106 Å². The van der Waals surface area contributed by atoms with E-state index >= 15 is 0 Å². The second kappa shape index (κ2) is 6.45. The maximum atomic E-state index is 12.6. The Hall–Kier alpha value is -3.30. The molecule has 0 radical (unpaired) electrons. The van der Waals surface area contributed by atoms with Crippen molar-refractivity contribution in [2.75, 3.05) is 31.1 Å². The van der Waals surface area contributed by atoms with E-state index in [9.17, 15) is 4.79 Å². The maximum absolute atomic E-state index is 12.6. The molecule has 10 nitrogen and oxygen atoms in total. The lowest BCUT2D eigenvalue weighted by atomic mass is 10.2. The second-order valence-electron chi connectivity index (χ2n) is 6.76. The van der Waals surface area contributed by atoms with Gasteiger partial charge in [-0.2, -0.15) is 5.10 Å². The molecule has 0 spiro atoms. The highest BCUT2D eigenvalue weighted by atomic mass is 16.5. The van der Waals surface area contributed by atoms with Gasteiger partial charge in [0.05, 0.1) is 0 Å². The quantitative estimate of drug-likeness (QED) is 0.670. The third-order valence-corrected chi connectivity index (χ3v) is 4.91. The van der Waals surface area contributed by atoms with Crippen molar-refractivity contribution in [3.05, 3.63) is 42.3 Å². The fourth-order valence-corrected chi connectivity index (χ4v) is 3.19. The number of hydrogen-bond donors (Lipinski definition) is 0. The predicted molar refractivity (Wildman–Crippen MR) is 93.5 cm³/mol. The fourth-order valence-electron chi connectivity index (χ4n) is 3.19. The first kappa shape index (κ1) is 15.9. The number of anilines is 1. The molecule has 0 unspecified atom stereocenters. The molecular weight excluding hydrogens is 348 g/mol. The van der Waals surface area contributed by atoms with E-state index in [1.165, 1.54) is 6.33 Å². The van der Waals surface area contributed by atoms with E-state index in [2.05, 4.69) is 30.3 Å². The van der Waals surface area contributed by atoms with Crippen molar-refractivity contribution < 1.29 is 9.32 Å². The highest BCUT2D eigenvalue weighted by Crippen LogP contribution is 2.40. The zero-order chi connectivity index (χ0) is 18.2. The van der Waals surface area contributed by atoms with Crippen LogP contribution in [0.25, 0.3) is 5.82 Å². The summed E-state index contributed by atoms with van der Waals surface area (Å²) in [5.41, 5.74) is 0.405. The summed E-state index contributed by atoms with van der Waals surface area (Å²) in [6.07, 6.45) is 5.28. The summed E-state index contributed by atoms with van der Waals surface area (Å²) in [7, 11) is 0. The number of amides is 1. The Morgan fingerprint density at radius 1 is 1.07 bits per heavy atom. The number of carbonyl (C=O) groups is 1. The Morgan fingerprint density at radius 2 is 1.85 bits per heavy atom. The molecule has 2 fully saturated rings. The number of hydrogen-bond acceptors (Lipinski definition) is 8. The highest BCUT2D eigenvalue weighted by Gasteiger charge is 2.30. The van der Waals surface area contributed by atoms with Crippen LogP contribution in [-0.4, -0.2) is 67.1 Å². The minimum absolute atomic E-state index is 0.0714. The summed E-state index contributed by atoms with van der Waals surface area (Å²) >= 11 is 0. The number of piperazine rings is 1. The van der Waals surface area contributed by atoms with Crippen LogP contribution < -0.4 is 4.90 Å². The van der Waals surface area contributed by atoms with Gasteiger partial charge in [0.1, 0.15) is 18.4 Å². The number of rotatable bonds is 4. The molecule has 1 saturated heterocycles. The molecule has 5 rings (SSSR count). The predicted octanol–water partition coefficient (Wildman–Crippen LogP) is 0.885. The van der Waals surface area contributed by atoms with E-state index in [0.717, 1.165) is 24.4 Å². The van der Waals surface area contributed by atoms with Crippen molar-refractivity contribution >= 4 is 11.7 Å².